The Labute approximate surface area is 155 Å². The maximum atomic E-state index is 11.6. The number of carboxylic acids is 1. The van der Waals surface area contributed by atoms with E-state index in [0.717, 1.165) is 22.0 Å². The van der Waals surface area contributed by atoms with Crippen LogP contribution in [0, 0.1) is 0 Å². The van der Waals surface area contributed by atoms with E-state index >= 15 is 0 Å². The Hall–Kier alpha value is -2.31. The maximum Gasteiger partial charge on any atom is 0.326 e. The molecule has 0 saturated heterocycles. The van der Waals surface area contributed by atoms with Crippen molar-refractivity contribution in [3.8, 4) is 0 Å². The van der Waals surface area contributed by atoms with Crippen molar-refractivity contribution in [3.05, 3.63) is 71.9 Å². The number of thiocarbonyl (C=S) groups is 1. The highest BCUT2D eigenvalue weighted by Gasteiger charge is 2.20. The lowest BCUT2D eigenvalue weighted by atomic mass is 10.1. The SMILES string of the molecule is O=C(O)C(Cc1c[nH]c2ccccc12)NC(=S)SCc1ccccc1. The molecule has 0 bridgehead atoms. The minimum atomic E-state index is -0.909. The van der Waals surface area contributed by atoms with Gasteiger partial charge >= 0.3 is 5.97 Å². The number of carboxylic acid groups (broad SMARTS) is 1. The van der Waals surface area contributed by atoms with Gasteiger partial charge in [-0.25, -0.2) is 4.79 Å². The Morgan fingerprint density at radius 2 is 1.88 bits per heavy atom. The van der Waals surface area contributed by atoms with Crippen LogP contribution in [0.3, 0.4) is 0 Å². The summed E-state index contributed by atoms with van der Waals surface area (Å²) in [6, 6.07) is 17.1. The van der Waals surface area contributed by atoms with Gasteiger partial charge in [-0.05, 0) is 17.2 Å². The van der Waals surface area contributed by atoms with Crippen LogP contribution in [0.15, 0.2) is 60.8 Å². The molecule has 0 aliphatic carbocycles. The molecule has 3 aromatic rings. The molecule has 6 heteroatoms. The number of H-pyrrole nitrogens is 1. The van der Waals surface area contributed by atoms with Crippen molar-refractivity contribution in [2.45, 2.75) is 18.2 Å². The molecule has 0 spiro atoms. The number of fused-ring (bicyclic) bond motifs is 1. The van der Waals surface area contributed by atoms with Gasteiger partial charge in [-0.2, -0.15) is 0 Å². The van der Waals surface area contributed by atoms with Crippen LogP contribution in [0.5, 0.6) is 0 Å². The molecule has 128 valence electrons. The molecular formula is C19H18N2O2S2. The first-order chi connectivity index (χ1) is 12.1. The van der Waals surface area contributed by atoms with Crippen LogP contribution in [0.25, 0.3) is 10.9 Å². The van der Waals surface area contributed by atoms with Crippen molar-refractivity contribution < 1.29 is 9.90 Å². The lowest BCUT2D eigenvalue weighted by Crippen LogP contribution is -2.40. The van der Waals surface area contributed by atoms with Gasteiger partial charge < -0.3 is 15.4 Å². The van der Waals surface area contributed by atoms with Crippen LogP contribution in [0.2, 0.25) is 0 Å². The Bertz CT molecular complexity index is 877. The van der Waals surface area contributed by atoms with E-state index < -0.39 is 12.0 Å². The molecule has 0 aliphatic heterocycles. The highest BCUT2D eigenvalue weighted by Crippen LogP contribution is 2.20. The minimum Gasteiger partial charge on any atom is -0.480 e. The van der Waals surface area contributed by atoms with Crippen molar-refractivity contribution >= 4 is 45.2 Å². The van der Waals surface area contributed by atoms with Gasteiger partial charge in [-0.15, -0.1) is 0 Å². The summed E-state index contributed by atoms with van der Waals surface area (Å²) in [7, 11) is 0. The fourth-order valence-electron chi connectivity index (χ4n) is 2.63. The predicted octanol–water partition coefficient (Wildman–Crippen LogP) is 3.97. The molecule has 1 unspecified atom stereocenters. The normalized spacial score (nSPS) is 12.0. The van der Waals surface area contributed by atoms with Gasteiger partial charge in [0.05, 0.1) is 0 Å². The molecule has 0 fully saturated rings. The number of hydrogen-bond acceptors (Lipinski definition) is 3. The molecule has 3 rings (SSSR count). The second-order valence-corrected chi connectivity index (χ2v) is 7.31. The molecule has 3 N–H and O–H groups in total. The van der Waals surface area contributed by atoms with E-state index in [1.807, 2.05) is 60.8 Å². The smallest absolute Gasteiger partial charge is 0.326 e. The second-order valence-electron chi connectivity index (χ2n) is 5.66. The van der Waals surface area contributed by atoms with Crippen LogP contribution < -0.4 is 5.32 Å². The average molecular weight is 370 g/mol. The van der Waals surface area contributed by atoms with Gasteiger partial charge in [0, 0.05) is 29.3 Å². The van der Waals surface area contributed by atoms with Crippen molar-refractivity contribution in [2.24, 2.45) is 0 Å². The zero-order chi connectivity index (χ0) is 17.6. The molecule has 1 heterocycles. The molecular weight excluding hydrogens is 352 g/mol. The zero-order valence-electron chi connectivity index (χ0n) is 13.4. The van der Waals surface area contributed by atoms with Gasteiger partial charge in [0.2, 0.25) is 0 Å². The summed E-state index contributed by atoms with van der Waals surface area (Å²) < 4.78 is 0.496. The third kappa shape index (κ3) is 4.61. The predicted molar refractivity (Wildman–Crippen MR) is 107 cm³/mol. The molecule has 2 aromatic carbocycles. The van der Waals surface area contributed by atoms with Gasteiger partial charge in [0.15, 0.2) is 0 Å². The van der Waals surface area contributed by atoms with Gasteiger partial charge in [0.25, 0.3) is 0 Å². The van der Waals surface area contributed by atoms with E-state index in [2.05, 4.69) is 10.3 Å². The highest BCUT2D eigenvalue weighted by atomic mass is 32.2. The Balaban J connectivity index is 1.63. The van der Waals surface area contributed by atoms with Crippen LogP contribution in [-0.4, -0.2) is 26.4 Å². The largest absolute Gasteiger partial charge is 0.480 e. The summed E-state index contributed by atoms with van der Waals surface area (Å²) in [6.07, 6.45) is 2.23. The van der Waals surface area contributed by atoms with Crippen LogP contribution in [0.1, 0.15) is 11.1 Å². The third-order valence-corrected chi connectivity index (χ3v) is 5.23. The standard InChI is InChI=1S/C19H18N2O2S2/c22-18(23)17(10-14-11-20-16-9-5-4-8-15(14)16)21-19(24)25-12-13-6-2-1-3-7-13/h1-9,11,17,20H,10,12H2,(H,21,24)(H,22,23). The first-order valence-corrected chi connectivity index (χ1v) is 9.28. The van der Waals surface area contributed by atoms with Gasteiger partial charge in [-0.3, -0.25) is 0 Å². The van der Waals surface area contributed by atoms with Gasteiger partial charge in [-0.1, -0.05) is 72.5 Å². The number of thioether (sulfide) groups is 1. The Morgan fingerprint density at radius 3 is 2.64 bits per heavy atom. The van der Waals surface area contributed by atoms with E-state index in [1.165, 1.54) is 11.8 Å². The van der Waals surface area contributed by atoms with Crippen LogP contribution in [-0.2, 0) is 17.0 Å². The number of aliphatic carboxylic acids is 1. The van der Waals surface area contributed by atoms with Crippen LogP contribution >= 0.6 is 24.0 Å². The number of nitrogens with one attached hydrogen (secondary N) is 2. The fourth-order valence-corrected chi connectivity index (χ4v) is 3.66. The summed E-state index contributed by atoms with van der Waals surface area (Å²) in [5, 5.41) is 13.5. The zero-order valence-corrected chi connectivity index (χ0v) is 15.1. The molecule has 0 amide bonds. The molecule has 0 aliphatic rings. The van der Waals surface area contributed by atoms with E-state index in [4.69, 9.17) is 12.2 Å². The fraction of sp³-hybridized carbons (Fsp3) is 0.158. The molecule has 1 aromatic heterocycles. The summed E-state index contributed by atoms with van der Waals surface area (Å²) in [5.74, 6) is -0.195. The van der Waals surface area contributed by atoms with Crippen molar-refractivity contribution in [1.82, 2.24) is 10.3 Å². The molecule has 25 heavy (non-hydrogen) atoms. The number of aromatic amines is 1. The number of para-hydroxylation sites is 1. The molecule has 1 atom stereocenters. The Kier molecular flexibility index (Phi) is 5.73. The topological polar surface area (TPSA) is 65.1 Å². The van der Waals surface area contributed by atoms with Crippen molar-refractivity contribution in [2.75, 3.05) is 0 Å². The summed E-state index contributed by atoms with van der Waals surface area (Å²) in [6.45, 7) is 0. The lowest BCUT2D eigenvalue weighted by molar-refractivity contribution is -0.138. The van der Waals surface area contributed by atoms with E-state index in [-0.39, 0.29) is 0 Å². The monoisotopic (exact) mass is 370 g/mol. The van der Waals surface area contributed by atoms with Gasteiger partial charge in [0.1, 0.15) is 10.4 Å². The van der Waals surface area contributed by atoms with Crippen molar-refractivity contribution in [3.63, 3.8) is 0 Å². The van der Waals surface area contributed by atoms with Crippen molar-refractivity contribution in [1.29, 1.82) is 0 Å². The quantitative estimate of drug-likeness (QED) is 0.573. The van der Waals surface area contributed by atoms with Crippen LogP contribution in [0.4, 0.5) is 0 Å². The summed E-state index contributed by atoms with van der Waals surface area (Å²) in [5.41, 5.74) is 3.12. The lowest BCUT2D eigenvalue weighted by Gasteiger charge is -2.16. The Morgan fingerprint density at radius 1 is 1.16 bits per heavy atom. The molecule has 0 radical (unpaired) electrons. The number of carbonyl (C=O) groups is 1. The number of rotatable bonds is 6. The first kappa shape index (κ1) is 17.5. The number of aromatic nitrogens is 1. The third-order valence-electron chi connectivity index (χ3n) is 3.90. The second kappa shape index (κ2) is 8.18. The molecule has 0 saturated carbocycles. The minimum absolute atomic E-state index is 0.366. The van der Waals surface area contributed by atoms with E-state index in [0.29, 0.717) is 16.5 Å². The molecule has 4 nitrogen and oxygen atoms in total. The number of benzene rings is 2. The first-order valence-electron chi connectivity index (χ1n) is 7.88. The number of hydrogen-bond donors (Lipinski definition) is 3. The van der Waals surface area contributed by atoms with E-state index in [9.17, 15) is 9.90 Å². The van der Waals surface area contributed by atoms with E-state index in [1.54, 1.807) is 0 Å². The summed E-state index contributed by atoms with van der Waals surface area (Å²) >= 11 is 6.76. The maximum absolute atomic E-state index is 11.6. The summed E-state index contributed by atoms with van der Waals surface area (Å²) in [4.78, 5) is 14.8. The average Bonchev–Trinajstić information content (AvgIpc) is 3.03. The highest BCUT2D eigenvalue weighted by molar-refractivity contribution is 8.22.